The second-order valence-corrected chi connectivity index (χ2v) is 4.05. The van der Waals surface area contributed by atoms with Gasteiger partial charge < -0.3 is 15.2 Å². The van der Waals surface area contributed by atoms with Crippen molar-refractivity contribution in [2.24, 2.45) is 5.92 Å². The quantitative estimate of drug-likeness (QED) is 0.715. The third-order valence-corrected chi connectivity index (χ3v) is 2.67. The number of aliphatic carboxylic acids is 1. The zero-order chi connectivity index (χ0) is 14.3. The highest BCUT2D eigenvalue weighted by Crippen LogP contribution is 2.10. The maximum absolute atomic E-state index is 11.1. The van der Waals surface area contributed by atoms with Crippen LogP contribution in [0.25, 0.3) is 0 Å². The molecule has 1 unspecified atom stereocenters. The van der Waals surface area contributed by atoms with E-state index in [1.54, 1.807) is 6.07 Å². The van der Waals surface area contributed by atoms with Crippen LogP contribution >= 0.6 is 0 Å². The van der Waals surface area contributed by atoms with Crippen molar-refractivity contribution in [2.75, 3.05) is 19.0 Å². The second-order valence-electron chi connectivity index (χ2n) is 4.05. The van der Waals surface area contributed by atoms with Gasteiger partial charge in [-0.05, 0) is 18.1 Å². The average Bonchev–Trinajstić information content (AvgIpc) is 2.42. The molecule has 0 saturated carbocycles. The van der Waals surface area contributed by atoms with Crippen LogP contribution in [0.5, 0.6) is 0 Å². The summed E-state index contributed by atoms with van der Waals surface area (Å²) in [5, 5.41) is 19.3. The van der Waals surface area contributed by atoms with Gasteiger partial charge in [-0.15, -0.1) is 10.2 Å². The third-order valence-electron chi connectivity index (χ3n) is 2.67. The molecule has 1 atom stereocenters. The molecule has 0 aliphatic rings. The normalized spacial score (nSPS) is 11.7. The van der Waals surface area contributed by atoms with E-state index in [1.165, 1.54) is 13.2 Å². The highest BCUT2D eigenvalue weighted by Gasteiger charge is 2.12. The highest BCUT2D eigenvalue weighted by atomic mass is 16.5. The van der Waals surface area contributed by atoms with Crippen molar-refractivity contribution in [1.82, 2.24) is 10.2 Å². The number of carboxylic acids is 1. The van der Waals surface area contributed by atoms with Gasteiger partial charge in [0.1, 0.15) is 5.82 Å². The summed E-state index contributed by atoms with van der Waals surface area (Å²) < 4.78 is 4.51. The summed E-state index contributed by atoms with van der Waals surface area (Å²) in [7, 11) is 1.27. The van der Waals surface area contributed by atoms with Crippen LogP contribution in [0.3, 0.4) is 0 Å². The average molecular weight is 267 g/mol. The number of aromatic nitrogens is 2. The van der Waals surface area contributed by atoms with Gasteiger partial charge in [-0.3, -0.25) is 4.79 Å². The standard InChI is InChI=1S/C12H17N3O4/c1-3-8(6-11(16)17)7-13-10-5-4-9(14-15-10)12(18)19-2/h4-5,8H,3,6-7H2,1-2H3,(H,13,15)(H,16,17). The number of ether oxygens (including phenoxy) is 1. The number of carbonyl (C=O) groups excluding carboxylic acids is 1. The minimum absolute atomic E-state index is 0.0274. The van der Waals surface area contributed by atoms with Crippen LogP contribution in [0.2, 0.25) is 0 Å². The maximum atomic E-state index is 11.1. The number of nitrogens with zero attached hydrogens (tertiary/aromatic N) is 2. The lowest BCUT2D eigenvalue weighted by molar-refractivity contribution is -0.138. The molecule has 0 spiro atoms. The summed E-state index contributed by atoms with van der Waals surface area (Å²) in [6.07, 6.45) is 0.865. The third kappa shape index (κ3) is 4.90. The van der Waals surface area contributed by atoms with E-state index in [-0.39, 0.29) is 18.0 Å². The van der Waals surface area contributed by atoms with Gasteiger partial charge in [0.15, 0.2) is 5.69 Å². The Morgan fingerprint density at radius 2 is 2.16 bits per heavy atom. The zero-order valence-electron chi connectivity index (χ0n) is 10.9. The van der Waals surface area contributed by atoms with E-state index in [2.05, 4.69) is 20.3 Å². The molecule has 0 fully saturated rings. The van der Waals surface area contributed by atoms with Gasteiger partial charge in [0.2, 0.25) is 0 Å². The predicted octanol–water partition coefficient (Wildman–Crippen LogP) is 1.18. The first-order chi connectivity index (χ1) is 9.06. The molecule has 7 nitrogen and oxygen atoms in total. The van der Waals surface area contributed by atoms with Crippen molar-refractivity contribution >= 4 is 17.8 Å². The molecule has 0 aliphatic heterocycles. The Labute approximate surface area is 111 Å². The molecular weight excluding hydrogens is 250 g/mol. The lowest BCUT2D eigenvalue weighted by Gasteiger charge is -2.13. The van der Waals surface area contributed by atoms with Gasteiger partial charge in [-0.25, -0.2) is 4.79 Å². The molecule has 7 heteroatoms. The summed E-state index contributed by atoms with van der Waals surface area (Å²) in [6, 6.07) is 3.10. The van der Waals surface area contributed by atoms with Gasteiger partial charge in [0, 0.05) is 13.0 Å². The zero-order valence-corrected chi connectivity index (χ0v) is 10.9. The summed E-state index contributed by atoms with van der Waals surface area (Å²) >= 11 is 0. The van der Waals surface area contributed by atoms with Crippen molar-refractivity contribution < 1.29 is 19.4 Å². The number of carbonyl (C=O) groups is 2. The molecule has 1 aromatic rings. The first-order valence-corrected chi connectivity index (χ1v) is 5.94. The van der Waals surface area contributed by atoms with Crippen LogP contribution in [0.1, 0.15) is 30.3 Å². The molecule has 19 heavy (non-hydrogen) atoms. The van der Waals surface area contributed by atoms with Gasteiger partial charge >= 0.3 is 11.9 Å². The number of hydrogen-bond donors (Lipinski definition) is 2. The van der Waals surface area contributed by atoms with E-state index in [1.807, 2.05) is 6.92 Å². The number of anilines is 1. The summed E-state index contributed by atoms with van der Waals surface area (Å²) in [5.74, 6) is -0.840. The molecule has 1 rings (SSSR count). The molecule has 0 aromatic carbocycles. The topological polar surface area (TPSA) is 101 Å². The van der Waals surface area contributed by atoms with E-state index < -0.39 is 11.9 Å². The van der Waals surface area contributed by atoms with E-state index in [0.717, 1.165) is 6.42 Å². The SMILES string of the molecule is CCC(CNc1ccc(C(=O)OC)nn1)CC(=O)O. The fraction of sp³-hybridized carbons (Fsp3) is 0.500. The maximum Gasteiger partial charge on any atom is 0.358 e. The molecule has 104 valence electrons. The molecule has 0 radical (unpaired) electrons. The van der Waals surface area contributed by atoms with E-state index in [0.29, 0.717) is 12.4 Å². The van der Waals surface area contributed by atoms with Crippen LogP contribution in [0.4, 0.5) is 5.82 Å². The summed E-state index contributed by atoms with van der Waals surface area (Å²) in [4.78, 5) is 21.8. The Kier molecular flexibility index (Phi) is 5.72. The molecule has 1 heterocycles. The van der Waals surface area contributed by atoms with Gasteiger partial charge in [-0.2, -0.15) is 0 Å². The molecule has 0 saturated heterocycles. The van der Waals surface area contributed by atoms with Gasteiger partial charge in [0.05, 0.1) is 7.11 Å². The summed E-state index contributed by atoms with van der Waals surface area (Å²) in [6.45, 7) is 2.43. The Bertz CT molecular complexity index is 433. The minimum atomic E-state index is -0.819. The predicted molar refractivity (Wildman–Crippen MR) is 67.9 cm³/mol. The van der Waals surface area contributed by atoms with Crippen LogP contribution in [-0.2, 0) is 9.53 Å². The largest absolute Gasteiger partial charge is 0.481 e. The summed E-state index contributed by atoms with van der Waals surface area (Å²) in [5.41, 5.74) is 0.130. The number of carboxylic acid groups (broad SMARTS) is 1. The molecular formula is C12H17N3O4. The highest BCUT2D eigenvalue weighted by molar-refractivity contribution is 5.86. The van der Waals surface area contributed by atoms with Gasteiger partial charge in [0.25, 0.3) is 0 Å². The van der Waals surface area contributed by atoms with Crippen LogP contribution in [0, 0.1) is 5.92 Å². The number of rotatable bonds is 7. The molecule has 0 aliphatic carbocycles. The smallest absolute Gasteiger partial charge is 0.358 e. The molecule has 0 bridgehead atoms. The van der Waals surface area contributed by atoms with E-state index >= 15 is 0 Å². The number of hydrogen-bond acceptors (Lipinski definition) is 6. The fourth-order valence-electron chi connectivity index (χ4n) is 1.50. The van der Waals surface area contributed by atoms with Crippen molar-refractivity contribution in [1.29, 1.82) is 0 Å². The van der Waals surface area contributed by atoms with Crippen molar-refractivity contribution in [3.8, 4) is 0 Å². The first-order valence-electron chi connectivity index (χ1n) is 5.94. The monoisotopic (exact) mass is 267 g/mol. The van der Waals surface area contributed by atoms with E-state index in [9.17, 15) is 9.59 Å². The van der Waals surface area contributed by atoms with Crippen molar-refractivity contribution in [3.05, 3.63) is 17.8 Å². The number of esters is 1. The molecule has 1 aromatic heterocycles. The van der Waals surface area contributed by atoms with Crippen LogP contribution in [0.15, 0.2) is 12.1 Å². The lowest BCUT2D eigenvalue weighted by atomic mass is 10.0. The van der Waals surface area contributed by atoms with Crippen molar-refractivity contribution in [3.63, 3.8) is 0 Å². The van der Waals surface area contributed by atoms with Gasteiger partial charge in [-0.1, -0.05) is 13.3 Å². The second kappa shape index (κ2) is 7.30. The van der Waals surface area contributed by atoms with E-state index in [4.69, 9.17) is 5.11 Å². The Morgan fingerprint density at radius 1 is 1.42 bits per heavy atom. The lowest BCUT2D eigenvalue weighted by Crippen LogP contribution is -2.18. The molecule has 0 amide bonds. The fourth-order valence-corrected chi connectivity index (χ4v) is 1.50. The van der Waals surface area contributed by atoms with Crippen molar-refractivity contribution in [2.45, 2.75) is 19.8 Å². The Hall–Kier alpha value is -2.18. The number of nitrogens with one attached hydrogen (secondary N) is 1. The first kappa shape index (κ1) is 14.9. The molecule has 2 N–H and O–H groups in total. The van der Waals surface area contributed by atoms with Crippen LogP contribution < -0.4 is 5.32 Å². The Balaban J connectivity index is 2.53. The Morgan fingerprint density at radius 3 is 2.63 bits per heavy atom. The minimum Gasteiger partial charge on any atom is -0.481 e. The number of methoxy groups -OCH3 is 1. The van der Waals surface area contributed by atoms with Crippen LogP contribution in [-0.4, -0.2) is 40.9 Å².